The smallest absolute Gasteiger partial charge is 0.250 e. The monoisotopic (exact) mass is 317 g/mol. The number of benzene rings is 2. The van der Waals surface area contributed by atoms with Gasteiger partial charge in [-0.25, -0.2) is 9.40 Å². The van der Waals surface area contributed by atoms with Crippen LogP contribution in [0.5, 0.6) is 0 Å². The van der Waals surface area contributed by atoms with E-state index in [1.54, 1.807) is 43.4 Å². The quantitative estimate of drug-likeness (QED) is 0.630. The largest absolute Gasteiger partial charge is 0.285 e. The molecule has 0 amide bonds. The lowest BCUT2D eigenvalue weighted by Crippen LogP contribution is -2.21. The Bertz CT molecular complexity index is 891. The third-order valence-corrected chi connectivity index (χ3v) is 4.52. The van der Waals surface area contributed by atoms with Crippen molar-refractivity contribution >= 4 is 22.1 Å². The zero-order valence-corrected chi connectivity index (χ0v) is 12.5. The van der Waals surface area contributed by atoms with Crippen molar-refractivity contribution in [3.05, 3.63) is 65.5 Å². The van der Waals surface area contributed by atoms with Gasteiger partial charge in [-0.15, -0.1) is 4.40 Å². The normalized spacial score (nSPS) is 15.6. The second-order valence-electron chi connectivity index (χ2n) is 4.68. The molecule has 1 heterocycles. The number of nitrogens with zero attached hydrogens (tertiary/aromatic N) is 3. The van der Waals surface area contributed by atoms with Crippen LogP contribution >= 0.6 is 0 Å². The molecule has 0 atom stereocenters. The third kappa shape index (κ3) is 2.50. The fourth-order valence-electron chi connectivity index (χ4n) is 2.11. The van der Waals surface area contributed by atoms with Gasteiger partial charge < -0.3 is 0 Å². The standard InChI is InChI=1S/C15H12FN3O2S/c1-19(17-10-11-6-2-4-8-13(11)16)15-12-7-3-5-9-14(12)22(20,21)18-15/h2-10H,1H3. The molecule has 0 N–H and O–H groups in total. The van der Waals surface area contributed by atoms with E-state index in [0.29, 0.717) is 11.1 Å². The first-order valence-corrected chi connectivity index (χ1v) is 7.90. The summed E-state index contributed by atoms with van der Waals surface area (Å²) >= 11 is 0. The number of amidine groups is 1. The van der Waals surface area contributed by atoms with Crippen molar-refractivity contribution in [2.75, 3.05) is 7.05 Å². The summed E-state index contributed by atoms with van der Waals surface area (Å²) in [7, 11) is -2.13. The molecule has 1 aliphatic heterocycles. The molecular formula is C15H12FN3O2S. The molecule has 0 bridgehead atoms. The van der Waals surface area contributed by atoms with E-state index in [9.17, 15) is 12.8 Å². The highest BCUT2D eigenvalue weighted by Gasteiger charge is 2.30. The van der Waals surface area contributed by atoms with Gasteiger partial charge in [-0.2, -0.15) is 13.5 Å². The van der Waals surface area contributed by atoms with Crippen LogP contribution in [0.1, 0.15) is 11.1 Å². The molecule has 2 aromatic rings. The van der Waals surface area contributed by atoms with E-state index in [1.165, 1.54) is 23.4 Å². The Morgan fingerprint density at radius 2 is 1.82 bits per heavy atom. The minimum Gasteiger partial charge on any atom is -0.250 e. The highest BCUT2D eigenvalue weighted by molar-refractivity contribution is 7.90. The maximum absolute atomic E-state index is 13.5. The molecule has 0 radical (unpaired) electrons. The Hall–Kier alpha value is -2.54. The van der Waals surface area contributed by atoms with Gasteiger partial charge in [-0.05, 0) is 18.2 Å². The van der Waals surface area contributed by atoms with Gasteiger partial charge in [0.25, 0.3) is 10.0 Å². The molecule has 5 nitrogen and oxygen atoms in total. The zero-order valence-electron chi connectivity index (χ0n) is 11.6. The summed E-state index contributed by atoms with van der Waals surface area (Å²) in [6.07, 6.45) is 1.32. The minimum atomic E-state index is -3.69. The molecule has 0 saturated heterocycles. The van der Waals surface area contributed by atoms with E-state index >= 15 is 0 Å². The van der Waals surface area contributed by atoms with Crippen LogP contribution in [0.15, 0.2) is 62.9 Å². The molecule has 0 spiro atoms. The number of halogens is 1. The highest BCUT2D eigenvalue weighted by atomic mass is 32.2. The lowest BCUT2D eigenvalue weighted by molar-refractivity contribution is 0.548. The number of rotatable bonds is 2. The van der Waals surface area contributed by atoms with Gasteiger partial charge in [0.2, 0.25) is 0 Å². The van der Waals surface area contributed by atoms with Crippen LogP contribution in [0.3, 0.4) is 0 Å². The van der Waals surface area contributed by atoms with E-state index in [4.69, 9.17) is 0 Å². The summed E-state index contributed by atoms with van der Waals surface area (Å²) in [5.74, 6) is -0.191. The van der Waals surface area contributed by atoms with Crippen LogP contribution in [-0.4, -0.2) is 32.5 Å². The molecule has 1 aliphatic rings. The summed E-state index contributed by atoms with van der Waals surface area (Å²) in [5, 5.41) is 5.39. The van der Waals surface area contributed by atoms with Crippen molar-refractivity contribution in [3.63, 3.8) is 0 Å². The van der Waals surface area contributed by atoms with E-state index in [2.05, 4.69) is 9.50 Å². The summed E-state index contributed by atoms with van der Waals surface area (Å²) in [6.45, 7) is 0. The van der Waals surface area contributed by atoms with E-state index in [1.807, 2.05) is 0 Å². The van der Waals surface area contributed by atoms with Gasteiger partial charge in [0.15, 0.2) is 5.84 Å². The first-order chi connectivity index (χ1) is 10.5. The lowest BCUT2D eigenvalue weighted by atomic mass is 10.2. The SMILES string of the molecule is CN(N=Cc1ccccc1F)C1=NS(=O)(=O)c2ccccc21. The van der Waals surface area contributed by atoms with Gasteiger partial charge in [-0.3, -0.25) is 0 Å². The van der Waals surface area contributed by atoms with Crippen LogP contribution in [0.2, 0.25) is 0 Å². The van der Waals surface area contributed by atoms with E-state index in [0.717, 1.165) is 0 Å². The van der Waals surface area contributed by atoms with Crippen molar-refractivity contribution in [2.45, 2.75) is 4.90 Å². The first-order valence-electron chi connectivity index (χ1n) is 6.46. The minimum absolute atomic E-state index is 0.151. The van der Waals surface area contributed by atoms with Crippen molar-refractivity contribution < 1.29 is 12.8 Å². The average molecular weight is 317 g/mol. The Labute approximate surface area is 127 Å². The van der Waals surface area contributed by atoms with E-state index in [-0.39, 0.29) is 10.7 Å². The molecular weight excluding hydrogens is 305 g/mol. The lowest BCUT2D eigenvalue weighted by Gasteiger charge is -2.12. The van der Waals surface area contributed by atoms with Gasteiger partial charge in [0.05, 0.1) is 6.21 Å². The van der Waals surface area contributed by atoms with Gasteiger partial charge in [-0.1, -0.05) is 30.3 Å². The molecule has 0 aromatic heterocycles. The molecule has 0 aliphatic carbocycles. The Balaban J connectivity index is 1.94. The fraction of sp³-hybridized carbons (Fsp3) is 0.0667. The van der Waals surface area contributed by atoms with Crippen molar-refractivity contribution in [1.29, 1.82) is 0 Å². The number of fused-ring (bicyclic) bond motifs is 1. The van der Waals surface area contributed by atoms with Crippen LogP contribution in [0, 0.1) is 5.82 Å². The topological polar surface area (TPSA) is 62.1 Å². The Morgan fingerprint density at radius 3 is 2.59 bits per heavy atom. The molecule has 22 heavy (non-hydrogen) atoms. The van der Waals surface area contributed by atoms with Crippen LogP contribution in [0.25, 0.3) is 0 Å². The molecule has 0 unspecified atom stereocenters. The maximum atomic E-state index is 13.5. The molecule has 0 fully saturated rings. The number of hydrogen-bond acceptors (Lipinski definition) is 4. The maximum Gasteiger partial charge on any atom is 0.285 e. The molecule has 0 saturated carbocycles. The first kappa shape index (κ1) is 14.4. The second-order valence-corrected chi connectivity index (χ2v) is 6.25. The summed E-state index contributed by atoms with van der Waals surface area (Å²) < 4.78 is 41.2. The fourth-order valence-corrected chi connectivity index (χ4v) is 3.34. The molecule has 112 valence electrons. The summed E-state index contributed by atoms with van der Waals surface area (Å²) in [6, 6.07) is 12.7. The molecule has 7 heteroatoms. The zero-order chi connectivity index (χ0) is 15.7. The Morgan fingerprint density at radius 1 is 1.14 bits per heavy atom. The third-order valence-electron chi connectivity index (χ3n) is 3.19. The number of hydrogen-bond donors (Lipinski definition) is 0. The molecule has 3 rings (SSSR count). The van der Waals surface area contributed by atoms with Crippen molar-refractivity contribution in [2.24, 2.45) is 9.50 Å². The predicted molar refractivity (Wildman–Crippen MR) is 81.9 cm³/mol. The van der Waals surface area contributed by atoms with Crippen molar-refractivity contribution in [3.8, 4) is 0 Å². The van der Waals surface area contributed by atoms with Gasteiger partial charge in [0, 0.05) is 18.2 Å². The number of sulfonamides is 1. The number of hydrazone groups is 1. The highest BCUT2D eigenvalue weighted by Crippen LogP contribution is 2.26. The Kier molecular flexibility index (Phi) is 3.50. The van der Waals surface area contributed by atoms with Crippen LogP contribution < -0.4 is 0 Å². The van der Waals surface area contributed by atoms with Gasteiger partial charge >= 0.3 is 0 Å². The second kappa shape index (κ2) is 5.34. The summed E-state index contributed by atoms with van der Waals surface area (Å²) in [4.78, 5) is 0.151. The van der Waals surface area contributed by atoms with Crippen LogP contribution in [0.4, 0.5) is 4.39 Å². The van der Waals surface area contributed by atoms with Gasteiger partial charge in [0.1, 0.15) is 10.7 Å². The van der Waals surface area contributed by atoms with Crippen LogP contribution in [-0.2, 0) is 10.0 Å². The van der Waals surface area contributed by atoms with E-state index < -0.39 is 15.8 Å². The average Bonchev–Trinajstić information content (AvgIpc) is 2.79. The molecule has 2 aromatic carbocycles. The predicted octanol–water partition coefficient (Wildman–Crippen LogP) is 2.24. The van der Waals surface area contributed by atoms with Crippen molar-refractivity contribution in [1.82, 2.24) is 5.01 Å². The summed E-state index contributed by atoms with van der Waals surface area (Å²) in [5.41, 5.74) is 0.791.